The molecule has 15 heavy (non-hydrogen) atoms. The van der Waals surface area contributed by atoms with E-state index in [2.05, 4.69) is 4.98 Å². The maximum atomic E-state index is 13.3. The fourth-order valence-electron chi connectivity index (χ4n) is 1.51. The molecule has 0 aliphatic carbocycles. The van der Waals surface area contributed by atoms with Gasteiger partial charge in [-0.3, -0.25) is 10.0 Å². The molecule has 3 N–H and O–H groups in total. The van der Waals surface area contributed by atoms with Gasteiger partial charge in [-0.25, -0.2) is 9.87 Å². The van der Waals surface area contributed by atoms with Crippen LogP contribution >= 0.6 is 0 Å². The van der Waals surface area contributed by atoms with Gasteiger partial charge in [-0.15, -0.1) is 0 Å². The first kappa shape index (κ1) is 9.67. The number of amides is 1. The second kappa shape index (κ2) is 3.36. The van der Waals surface area contributed by atoms with E-state index in [1.807, 2.05) is 0 Å². The molecule has 78 valence electrons. The summed E-state index contributed by atoms with van der Waals surface area (Å²) in [4.78, 5) is 13.8. The Hall–Kier alpha value is -1.88. The molecule has 1 amide bonds. The first-order chi connectivity index (χ1) is 7.13. The van der Waals surface area contributed by atoms with Crippen molar-refractivity contribution in [3.8, 4) is 0 Å². The van der Waals surface area contributed by atoms with E-state index in [1.165, 1.54) is 17.6 Å². The number of carbonyl (C=O) groups is 1. The molecule has 1 aromatic heterocycles. The third-order valence-corrected chi connectivity index (χ3v) is 2.30. The van der Waals surface area contributed by atoms with Crippen molar-refractivity contribution in [1.29, 1.82) is 0 Å². The number of halogens is 1. The minimum Gasteiger partial charge on any atom is -0.350 e. The van der Waals surface area contributed by atoms with Crippen LogP contribution in [0.3, 0.4) is 0 Å². The van der Waals surface area contributed by atoms with Crippen molar-refractivity contribution in [2.45, 2.75) is 6.92 Å². The van der Waals surface area contributed by atoms with Crippen LogP contribution in [0.15, 0.2) is 18.2 Å². The monoisotopic (exact) mass is 208 g/mol. The second-order valence-electron chi connectivity index (χ2n) is 3.28. The first-order valence-corrected chi connectivity index (χ1v) is 4.35. The van der Waals surface area contributed by atoms with E-state index in [0.29, 0.717) is 10.9 Å². The molecule has 0 saturated heterocycles. The van der Waals surface area contributed by atoms with Gasteiger partial charge in [0.25, 0.3) is 5.91 Å². The molecule has 0 aliphatic heterocycles. The number of nitrogens with one attached hydrogen (secondary N) is 2. The van der Waals surface area contributed by atoms with Crippen LogP contribution < -0.4 is 5.48 Å². The average molecular weight is 208 g/mol. The zero-order valence-electron chi connectivity index (χ0n) is 7.97. The van der Waals surface area contributed by atoms with Crippen molar-refractivity contribution in [1.82, 2.24) is 10.5 Å². The number of aromatic nitrogens is 1. The van der Waals surface area contributed by atoms with Gasteiger partial charge in [0.2, 0.25) is 0 Å². The summed E-state index contributed by atoms with van der Waals surface area (Å²) < 4.78 is 13.3. The number of hydroxylamine groups is 1. The van der Waals surface area contributed by atoms with E-state index in [-0.39, 0.29) is 5.69 Å². The van der Waals surface area contributed by atoms with Crippen LogP contribution in [-0.2, 0) is 0 Å². The van der Waals surface area contributed by atoms with Gasteiger partial charge < -0.3 is 4.98 Å². The Labute approximate surface area is 84.7 Å². The zero-order valence-corrected chi connectivity index (χ0v) is 7.97. The summed E-state index contributed by atoms with van der Waals surface area (Å²) >= 11 is 0. The lowest BCUT2D eigenvalue weighted by Gasteiger charge is -1.96. The maximum absolute atomic E-state index is 13.3. The van der Waals surface area contributed by atoms with E-state index in [1.54, 1.807) is 13.0 Å². The Bertz CT molecular complexity index is 494. The van der Waals surface area contributed by atoms with Crippen molar-refractivity contribution in [2.24, 2.45) is 0 Å². The van der Waals surface area contributed by atoms with Crippen LogP contribution in [0.25, 0.3) is 10.9 Å². The van der Waals surface area contributed by atoms with Gasteiger partial charge >= 0.3 is 0 Å². The number of fused-ring (bicyclic) bond motifs is 1. The molecule has 0 unspecified atom stereocenters. The molecule has 0 fully saturated rings. The quantitative estimate of drug-likeness (QED) is 0.493. The lowest BCUT2D eigenvalue weighted by Crippen LogP contribution is -2.18. The molecule has 2 aromatic rings. The van der Waals surface area contributed by atoms with Gasteiger partial charge in [-0.1, -0.05) is 6.07 Å². The van der Waals surface area contributed by atoms with E-state index in [9.17, 15) is 9.18 Å². The van der Waals surface area contributed by atoms with Gasteiger partial charge in [-0.05, 0) is 24.6 Å². The molecular weight excluding hydrogens is 199 g/mol. The molecule has 0 atom stereocenters. The topological polar surface area (TPSA) is 65.1 Å². The highest BCUT2D eigenvalue weighted by molar-refractivity contribution is 5.98. The summed E-state index contributed by atoms with van der Waals surface area (Å²) in [6.07, 6.45) is 0. The van der Waals surface area contributed by atoms with Gasteiger partial charge in [0.05, 0.1) is 5.52 Å². The van der Waals surface area contributed by atoms with Crippen molar-refractivity contribution < 1.29 is 14.4 Å². The maximum Gasteiger partial charge on any atom is 0.291 e. The van der Waals surface area contributed by atoms with Crippen LogP contribution in [-0.4, -0.2) is 16.1 Å². The summed E-state index contributed by atoms with van der Waals surface area (Å²) in [7, 11) is 0. The molecule has 1 heterocycles. The third kappa shape index (κ3) is 1.46. The Morgan fingerprint density at radius 1 is 1.53 bits per heavy atom. The van der Waals surface area contributed by atoms with Crippen molar-refractivity contribution >= 4 is 16.8 Å². The molecule has 2 rings (SSSR count). The molecule has 4 nitrogen and oxygen atoms in total. The molecular formula is C10H9FN2O2. The van der Waals surface area contributed by atoms with Gasteiger partial charge in [0.15, 0.2) is 0 Å². The highest BCUT2D eigenvalue weighted by Gasteiger charge is 2.12. The van der Waals surface area contributed by atoms with Crippen LogP contribution in [0.5, 0.6) is 0 Å². The normalized spacial score (nSPS) is 10.6. The lowest BCUT2D eigenvalue weighted by molar-refractivity contribution is 0.0701. The summed E-state index contributed by atoms with van der Waals surface area (Å²) in [6, 6.07) is 4.32. The standard InChI is InChI=1S/C10H9FN2O2/c1-5-2-3-7(11)6-4-8(10(14)13-15)12-9(5)6/h2-4,12,15H,1H3,(H,13,14). The van der Waals surface area contributed by atoms with E-state index >= 15 is 0 Å². The molecule has 0 aliphatic rings. The predicted octanol–water partition coefficient (Wildman–Crippen LogP) is 1.73. The number of carbonyl (C=O) groups excluding carboxylic acids is 1. The Balaban J connectivity index is 2.70. The third-order valence-electron chi connectivity index (χ3n) is 2.30. The van der Waals surface area contributed by atoms with Crippen LogP contribution in [0.4, 0.5) is 4.39 Å². The number of H-pyrrole nitrogens is 1. The van der Waals surface area contributed by atoms with E-state index < -0.39 is 11.7 Å². The highest BCUT2D eigenvalue weighted by Crippen LogP contribution is 2.22. The zero-order chi connectivity index (χ0) is 11.0. The molecule has 0 saturated carbocycles. The summed E-state index contributed by atoms with van der Waals surface area (Å²) in [5.41, 5.74) is 3.01. The fourth-order valence-corrected chi connectivity index (χ4v) is 1.51. The van der Waals surface area contributed by atoms with E-state index in [4.69, 9.17) is 5.21 Å². The smallest absolute Gasteiger partial charge is 0.291 e. The first-order valence-electron chi connectivity index (χ1n) is 4.35. The number of benzene rings is 1. The number of hydrogen-bond donors (Lipinski definition) is 3. The van der Waals surface area contributed by atoms with Crippen LogP contribution in [0.1, 0.15) is 16.1 Å². The Kier molecular flexibility index (Phi) is 2.17. The van der Waals surface area contributed by atoms with Crippen LogP contribution in [0.2, 0.25) is 0 Å². The minimum atomic E-state index is -0.690. The van der Waals surface area contributed by atoms with Gasteiger partial charge in [0, 0.05) is 5.39 Å². The molecule has 0 radical (unpaired) electrons. The van der Waals surface area contributed by atoms with Gasteiger partial charge in [0.1, 0.15) is 11.5 Å². The van der Waals surface area contributed by atoms with Crippen molar-refractivity contribution in [3.63, 3.8) is 0 Å². The number of aromatic amines is 1. The van der Waals surface area contributed by atoms with Crippen LogP contribution in [0, 0.1) is 12.7 Å². The predicted molar refractivity (Wildman–Crippen MR) is 52.2 cm³/mol. The average Bonchev–Trinajstić information content (AvgIpc) is 2.68. The fraction of sp³-hybridized carbons (Fsp3) is 0.100. The second-order valence-corrected chi connectivity index (χ2v) is 3.28. The number of hydrogen-bond acceptors (Lipinski definition) is 2. The van der Waals surface area contributed by atoms with Crippen molar-refractivity contribution in [2.75, 3.05) is 0 Å². The minimum absolute atomic E-state index is 0.126. The lowest BCUT2D eigenvalue weighted by atomic mass is 10.1. The molecule has 0 bridgehead atoms. The SMILES string of the molecule is Cc1ccc(F)c2cc(C(=O)NO)[nH]c12. The van der Waals surface area contributed by atoms with Crippen molar-refractivity contribution in [3.05, 3.63) is 35.3 Å². The number of rotatable bonds is 1. The molecule has 5 heteroatoms. The highest BCUT2D eigenvalue weighted by atomic mass is 19.1. The Morgan fingerprint density at radius 3 is 2.87 bits per heavy atom. The largest absolute Gasteiger partial charge is 0.350 e. The summed E-state index contributed by atoms with van der Waals surface area (Å²) in [5.74, 6) is -1.09. The molecule has 1 aromatic carbocycles. The summed E-state index contributed by atoms with van der Waals surface area (Å²) in [5, 5.41) is 8.78. The van der Waals surface area contributed by atoms with Gasteiger partial charge in [-0.2, -0.15) is 0 Å². The van der Waals surface area contributed by atoms with E-state index in [0.717, 1.165) is 5.56 Å². The summed E-state index contributed by atoms with van der Waals surface area (Å²) in [6.45, 7) is 1.80. The Morgan fingerprint density at radius 2 is 2.27 bits per heavy atom. The number of aryl methyl sites for hydroxylation is 1. The molecule has 0 spiro atoms.